The van der Waals surface area contributed by atoms with Crippen LogP contribution in [0.5, 0.6) is 0 Å². The first-order valence-electron chi connectivity index (χ1n) is 6.93. The highest BCUT2D eigenvalue weighted by Crippen LogP contribution is 2.30. The molecule has 2 aliphatic rings. The number of urea groups is 1. The third-order valence-corrected chi connectivity index (χ3v) is 4.02. The smallest absolute Gasteiger partial charge is 0.325 e. The Morgan fingerprint density at radius 1 is 1.24 bits per heavy atom. The van der Waals surface area contributed by atoms with Crippen LogP contribution in [-0.2, 0) is 4.79 Å². The highest BCUT2D eigenvalue weighted by atomic mass is 16.3. The topological polar surface area (TPSA) is 98.7 Å². The van der Waals surface area contributed by atoms with Crippen LogP contribution in [0.4, 0.5) is 10.7 Å². The highest BCUT2D eigenvalue weighted by Gasteiger charge is 2.52. The molecule has 3 heterocycles. The van der Waals surface area contributed by atoms with Crippen molar-refractivity contribution in [1.29, 1.82) is 0 Å². The van der Waals surface area contributed by atoms with Gasteiger partial charge in [-0.3, -0.25) is 9.69 Å². The summed E-state index contributed by atoms with van der Waals surface area (Å²) in [5.41, 5.74) is -0.836. The quantitative estimate of drug-likeness (QED) is 0.719. The Kier molecular flexibility index (Phi) is 3.46. The molecule has 0 atom stereocenters. The van der Waals surface area contributed by atoms with Crippen molar-refractivity contribution in [1.82, 2.24) is 20.2 Å². The zero-order valence-corrected chi connectivity index (χ0v) is 11.5. The van der Waals surface area contributed by atoms with Gasteiger partial charge in [-0.1, -0.05) is 0 Å². The lowest BCUT2D eigenvalue weighted by atomic mass is 9.87. The molecular formula is C13H17N5O3. The number of rotatable bonds is 3. The van der Waals surface area contributed by atoms with Gasteiger partial charge in [-0.2, -0.15) is 0 Å². The number of imide groups is 1. The molecule has 1 aromatic rings. The fraction of sp³-hybridized carbons (Fsp3) is 0.538. The molecule has 21 heavy (non-hydrogen) atoms. The molecule has 0 radical (unpaired) electrons. The van der Waals surface area contributed by atoms with Gasteiger partial charge in [0, 0.05) is 25.5 Å². The van der Waals surface area contributed by atoms with Gasteiger partial charge < -0.3 is 15.3 Å². The molecule has 1 spiro atoms. The summed E-state index contributed by atoms with van der Waals surface area (Å²) in [5.74, 6) is 0.395. The first-order valence-corrected chi connectivity index (χ1v) is 6.93. The average molecular weight is 291 g/mol. The molecule has 0 aliphatic carbocycles. The van der Waals surface area contributed by atoms with E-state index in [-0.39, 0.29) is 19.1 Å². The van der Waals surface area contributed by atoms with Crippen LogP contribution in [0.3, 0.4) is 0 Å². The SMILES string of the molecule is O=C1NC2(CCN(c3ncccn3)CC2)C(=O)N1CCO. The molecule has 2 saturated heterocycles. The average Bonchev–Trinajstić information content (AvgIpc) is 2.74. The summed E-state index contributed by atoms with van der Waals surface area (Å²) in [4.78, 5) is 35.7. The maximum Gasteiger partial charge on any atom is 0.325 e. The van der Waals surface area contributed by atoms with Crippen LogP contribution < -0.4 is 10.2 Å². The molecule has 8 heteroatoms. The Labute approximate surface area is 121 Å². The van der Waals surface area contributed by atoms with E-state index >= 15 is 0 Å². The number of β-amino-alcohol motifs (C(OH)–C–C–N with tert-alkyl or cyclic N) is 1. The van der Waals surface area contributed by atoms with E-state index in [4.69, 9.17) is 5.11 Å². The summed E-state index contributed by atoms with van der Waals surface area (Å²) in [5, 5.41) is 11.7. The van der Waals surface area contributed by atoms with E-state index in [0.29, 0.717) is 31.9 Å². The predicted octanol–water partition coefficient (Wildman–Crippen LogP) is -0.640. The Hall–Kier alpha value is -2.22. The van der Waals surface area contributed by atoms with Gasteiger partial charge in [-0.05, 0) is 18.9 Å². The van der Waals surface area contributed by atoms with Gasteiger partial charge in [0.15, 0.2) is 0 Å². The molecule has 0 bridgehead atoms. The fourth-order valence-corrected chi connectivity index (χ4v) is 2.86. The minimum atomic E-state index is -0.836. The van der Waals surface area contributed by atoms with E-state index in [0.717, 1.165) is 4.90 Å². The number of anilines is 1. The number of aliphatic hydroxyl groups excluding tert-OH is 1. The number of piperidine rings is 1. The Morgan fingerprint density at radius 2 is 1.90 bits per heavy atom. The van der Waals surface area contributed by atoms with Gasteiger partial charge in [0.2, 0.25) is 5.95 Å². The van der Waals surface area contributed by atoms with E-state index in [1.807, 2.05) is 4.90 Å². The maximum absolute atomic E-state index is 12.4. The second kappa shape index (κ2) is 5.28. The summed E-state index contributed by atoms with van der Waals surface area (Å²) < 4.78 is 0. The minimum absolute atomic E-state index is 0.0396. The molecule has 2 N–H and O–H groups in total. The van der Waals surface area contributed by atoms with Crippen molar-refractivity contribution in [3.05, 3.63) is 18.5 Å². The van der Waals surface area contributed by atoms with Gasteiger partial charge >= 0.3 is 6.03 Å². The Balaban J connectivity index is 1.71. The van der Waals surface area contributed by atoms with Gasteiger partial charge in [0.05, 0.1) is 13.2 Å². The predicted molar refractivity (Wildman–Crippen MR) is 73.5 cm³/mol. The molecular weight excluding hydrogens is 274 g/mol. The summed E-state index contributed by atoms with van der Waals surface area (Å²) >= 11 is 0. The third-order valence-electron chi connectivity index (χ3n) is 4.02. The molecule has 1 aromatic heterocycles. The number of aromatic nitrogens is 2. The van der Waals surface area contributed by atoms with Crippen LogP contribution >= 0.6 is 0 Å². The molecule has 0 saturated carbocycles. The van der Waals surface area contributed by atoms with E-state index in [1.165, 1.54) is 0 Å². The monoisotopic (exact) mass is 291 g/mol. The Morgan fingerprint density at radius 3 is 2.52 bits per heavy atom. The van der Waals surface area contributed by atoms with Gasteiger partial charge in [0.25, 0.3) is 5.91 Å². The third kappa shape index (κ3) is 2.31. The lowest BCUT2D eigenvalue weighted by Crippen LogP contribution is -2.55. The van der Waals surface area contributed by atoms with Crippen molar-refractivity contribution >= 4 is 17.9 Å². The first-order chi connectivity index (χ1) is 10.2. The molecule has 8 nitrogen and oxygen atoms in total. The molecule has 0 aromatic carbocycles. The van der Waals surface area contributed by atoms with Crippen molar-refractivity contribution in [2.24, 2.45) is 0 Å². The number of hydrogen-bond donors (Lipinski definition) is 2. The number of nitrogens with one attached hydrogen (secondary N) is 1. The van der Waals surface area contributed by atoms with Crippen LogP contribution in [0.1, 0.15) is 12.8 Å². The summed E-state index contributed by atoms with van der Waals surface area (Å²) in [6, 6.07) is 1.33. The number of nitrogens with zero attached hydrogens (tertiary/aromatic N) is 4. The van der Waals surface area contributed by atoms with E-state index in [9.17, 15) is 9.59 Å². The number of hydrogen-bond acceptors (Lipinski definition) is 6. The highest BCUT2D eigenvalue weighted by molar-refractivity contribution is 6.07. The van der Waals surface area contributed by atoms with Crippen molar-refractivity contribution in [2.75, 3.05) is 31.1 Å². The van der Waals surface area contributed by atoms with E-state index < -0.39 is 11.6 Å². The summed E-state index contributed by atoms with van der Waals surface area (Å²) in [7, 11) is 0. The minimum Gasteiger partial charge on any atom is -0.395 e. The maximum atomic E-state index is 12.4. The zero-order valence-electron chi connectivity index (χ0n) is 11.5. The van der Waals surface area contributed by atoms with Crippen molar-refractivity contribution in [3.8, 4) is 0 Å². The lowest BCUT2D eigenvalue weighted by molar-refractivity contribution is -0.132. The van der Waals surface area contributed by atoms with Gasteiger partial charge in [0.1, 0.15) is 5.54 Å². The number of carbonyl (C=O) groups is 2. The second-order valence-corrected chi connectivity index (χ2v) is 5.23. The normalized spacial score (nSPS) is 21.0. The zero-order chi connectivity index (χ0) is 14.9. The van der Waals surface area contributed by atoms with E-state index in [2.05, 4.69) is 15.3 Å². The van der Waals surface area contributed by atoms with Crippen LogP contribution in [0.15, 0.2) is 18.5 Å². The number of amides is 3. The van der Waals surface area contributed by atoms with Crippen LogP contribution in [-0.4, -0.2) is 63.7 Å². The first kappa shape index (κ1) is 13.7. The summed E-state index contributed by atoms with van der Waals surface area (Å²) in [6.07, 6.45) is 4.38. The van der Waals surface area contributed by atoms with Crippen LogP contribution in [0, 0.1) is 0 Å². The molecule has 3 amide bonds. The van der Waals surface area contributed by atoms with Crippen molar-refractivity contribution < 1.29 is 14.7 Å². The molecule has 3 rings (SSSR count). The fourth-order valence-electron chi connectivity index (χ4n) is 2.86. The second-order valence-electron chi connectivity index (χ2n) is 5.23. The Bertz CT molecular complexity index is 542. The van der Waals surface area contributed by atoms with Crippen molar-refractivity contribution in [3.63, 3.8) is 0 Å². The molecule has 2 aliphatic heterocycles. The lowest BCUT2D eigenvalue weighted by Gasteiger charge is -2.37. The van der Waals surface area contributed by atoms with Crippen LogP contribution in [0.2, 0.25) is 0 Å². The van der Waals surface area contributed by atoms with Crippen molar-refractivity contribution in [2.45, 2.75) is 18.4 Å². The van der Waals surface area contributed by atoms with Crippen LogP contribution in [0.25, 0.3) is 0 Å². The largest absolute Gasteiger partial charge is 0.395 e. The molecule has 0 unspecified atom stereocenters. The number of aliphatic hydroxyl groups is 1. The number of carbonyl (C=O) groups excluding carboxylic acids is 2. The van der Waals surface area contributed by atoms with Gasteiger partial charge in [-0.25, -0.2) is 14.8 Å². The van der Waals surface area contributed by atoms with E-state index in [1.54, 1.807) is 18.5 Å². The summed E-state index contributed by atoms with van der Waals surface area (Å²) in [6.45, 7) is 1.02. The molecule has 112 valence electrons. The molecule has 2 fully saturated rings. The van der Waals surface area contributed by atoms with Gasteiger partial charge in [-0.15, -0.1) is 0 Å². The standard InChI is InChI=1S/C13H17N5O3/c19-9-8-18-10(20)13(16-12(18)21)2-6-17(7-3-13)11-14-4-1-5-15-11/h1,4-5,19H,2-3,6-9H2,(H,16,21).